The molecule has 1 heterocycles. The van der Waals surface area contributed by atoms with E-state index in [9.17, 15) is 9.00 Å². The van der Waals surface area contributed by atoms with Gasteiger partial charge in [0.2, 0.25) is 5.91 Å². The highest BCUT2D eigenvalue weighted by Gasteiger charge is 2.39. The van der Waals surface area contributed by atoms with Gasteiger partial charge in [0, 0.05) is 36.3 Å². The van der Waals surface area contributed by atoms with Crippen LogP contribution in [0.4, 0.5) is 5.69 Å². The van der Waals surface area contributed by atoms with Crippen LogP contribution in [-0.4, -0.2) is 15.8 Å². The first-order valence-corrected chi connectivity index (χ1v) is 10.1. The van der Waals surface area contributed by atoms with E-state index in [4.69, 9.17) is 6.42 Å². The fourth-order valence-corrected chi connectivity index (χ4v) is 3.86. The molecule has 138 valence electrons. The van der Waals surface area contributed by atoms with Crippen LogP contribution >= 0.6 is 0 Å². The Labute approximate surface area is 161 Å². The number of hydrogen-bond donors (Lipinski definition) is 1. The molecule has 0 radical (unpaired) electrons. The third kappa shape index (κ3) is 5.60. The highest BCUT2D eigenvalue weighted by atomic mass is 32.2. The van der Waals surface area contributed by atoms with E-state index in [0.29, 0.717) is 37.1 Å². The first-order chi connectivity index (χ1) is 13.1. The third-order valence-electron chi connectivity index (χ3n) is 4.32. The molecule has 0 saturated carbocycles. The minimum absolute atomic E-state index is 0.0892. The van der Waals surface area contributed by atoms with Crippen molar-refractivity contribution in [2.24, 2.45) is 10.2 Å². The Bertz CT molecular complexity index is 897. The Morgan fingerprint density at radius 2 is 1.89 bits per heavy atom. The summed E-state index contributed by atoms with van der Waals surface area (Å²) in [7, 11) is -1.12. The van der Waals surface area contributed by atoms with Crippen molar-refractivity contribution in [3.8, 4) is 12.3 Å². The van der Waals surface area contributed by atoms with E-state index in [1.165, 1.54) is 0 Å². The van der Waals surface area contributed by atoms with Crippen LogP contribution in [0.2, 0.25) is 0 Å². The van der Waals surface area contributed by atoms with Crippen molar-refractivity contribution in [1.82, 2.24) is 0 Å². The normalized spacial score (nSPS) is 14.9. The van der Waals surface area contributed by atoms with E-state index < -0.39 is 16.5 Å². The fraction of sp³-hybridized carbons (Fsp3) is 0.286. The van der Waals surface area contributed by atoms with Crippen molar-refractivity contribution in [3.63, 3.8) is 0 Å². The molecule has 1 amide bonds. The number of benzene rings is 2. The molecule has 2 aromatic rings. The average Bonchev–Trinajstić information content (AvgIpc) is 3.46. The maximum Gasteiger partial charge on any atom is 0.224 e. The molecule has 0 saturated heterocycles. The largest absolute Gasteiger partial charge is 0.326 e. The molecule has 3 rings (SSSR count). The van der Waals surface area contributed by atoms with Gasteiger partial charge in [-0.3, -0.25) is 9.00 Å². The van der Waals surface area contributed by atoms with E-state index in [1.54, 1.807) is 0 Å². The smallest absolute Gasteiger partial charge is 0.224 e. The number of hydrogen-bond acceptors (Lipinski definition) is 4. The van der Waals surface area contributed by atoms with E-state index in [1.807, 2.05) is 54.6 Å². The van der Waals surface area contributed by atoms with Crippen LogP contribution in [0.1, 0.15) is 31.2 Å². The van der Waals surface area contributed by atoms with Crippen LogP contribution in [0.3, 0.4) is 0 Å². The quantitative estimate of drug-likeness (QED) is 0.660. The maximum absolute atomic E-state index is 12.4. The number of amides is 1. The SMILES string of the molecule is C#CCCC1(CCC(=O)Nc2cccc(CS(=O)c3ccccc3)c2)N=N1. The molecule has 0 aromatic heterocycles. The molecule has 1 aliphatic rings. The highest BCUT2D eigenvalue weighted by Crippen LogP contribution is 2.37. The molecule has 1 aliphatic heterocycles. The minimum Gasteiger partial charge on any atom is -0.326 e. The predicted molar refractivity (Wildman–Crippen MR) is 107 cm³/mol. The molecule has 0 bridgehead atoms. The second kappa shape index (κ2) is 8.74. The van der Waals surface area contributed by atoms with Gasteiger partial charge >= 0.3 is 0 Å². The van der Waals surface area contributed by atoms with Gasteiger partial charge in [-0.1, -0.05) is 30.3 Å². The van der Waals surface area contributed by atoms with E-state index in [0.717, 1.165) is 10.5 Å². The molecular formula is C21H21N3O2S. The van der Waals surface area contributed by atoms with Crippen molar-refractivity contribution < 1.29 is 9.00 Å². The number of nitrogens with zero attached hydrogens (tertiary/aromatic N) is 2. The Balaban J connectivity index is 1.52. The number of carbonyl (C=O) groups is 1. The zero-order chi connectivity index (χ0) is 19.1. The molecule has 0 spiro atoms. The summed E-state index contributed by atoms with van der Waals surface area (Å²) >= 11 is 0. The lowest BCUT2D eigenvalue weighted by Crippen LogP contribution is -2.17. The third-order valence-corrected chi connectivity index (χ3v) is 5.71. The van der Waals surface area contributed by atoms with Gasteiger partial charge in [-0.15, -0.1) is 12.3 Å². The van der Waals surface area contributed by atoms with Gasteiger partial charge < -0.3 is 5.32 Å². The number of nitrogens with one attached hydrogen (secondary N) is 1. The van der Waals surface area contributed by atoms with Gasteiger partial charge in [0.25, 0.3) is 0 Å². The van der Waals surface area contributed by atoms with Gasteiger partial charge in [-0.25, -0.2) is 0 Å². The summed E-state index contributed by atoms with van der Waals surface area (Å²) in [6.07, 6.45) is 7.47. The lowest BCUT2D eigenvalue weighted by Gasteiger charge is -2.10. The van der Waals surface area contributed by atoms with Gasteiger partial charge in [-0.2, -0.15) is 10.2 Å². The zero-order valence-corrected chi connectivity index (χ0v) is 15.7. The topological polar surface area (TPSA) is 70.9 Å². The first-order valence-electron chi connectivity index (χ1n) is 8.80. The number of rotatable bonds is 9. The summed E-state index contributed by atoms with van der Waals surface area (Å²) in [5, 5.41) is 11.0. The Morgan fingerprint density at radius 1 is 1.11 bits per heavy atom. The van der Waals surface area contributed by atoms with Crippen molar-refractivity contribution in [1.29, 1.82) is 0 Å². The predicted octanol–water partition coefficient (Wildman–Crippen LogP) is 4.29. The molecule has 5 nitrogen and oxygen atoms in total. The molecule has 2 aromatic carbocycles. The number of anilines is 1. The molecule has 6 heteroatoms. The van der Waals surface area contributed by atoms with Crippen molar-refractivity contribution >= 4 is 22.4 Å². The second-order valence-corrected chi connectivity index (χ2v) is 7.89. The second-order valence-electron chi connectivity index (χ2n) is 6.44. The molecular weight excluding hydrogens is 358 g/mol. The molecule has 1 N–H and O–H groups in total. The summed E-state index contributed by atoms with van der Waals surface area (Å²) in [5.41, 5.74) is 1.16. The first kappa shape index (κ1) is 19.0. The fourth-order valence-electron chi connectivity index (χ4n) is 2.75. The van der Waals surface area contributed by atoms with Crippen LogP contribution in [0.25, 0.3) is 0 Å². The average molecular weight is 379 g/mol. The summed E-state index contributed by atoms with van der Waals surface area (Å²) in [5.74, 6) is 2.89. The molecule has 0 aliphatic carbocycles. The molecule has 0 fully saturated rings. The summed E-state index contributed by atoms with van der Waals surface area (Å²) in [6.45, 7) is 0. The highest BCUT2D eigenvalue weighted by molar-refractivity contribution is 7.84. The number of terminal acetylenes is 1. The summed E-state index contributed by atoms with van der Waals surface area (Å²) in [6, 6.07) is 16.8. The van der Waals surface area contributed by atoms with Gasteiger partial charge in [0.15, 0.2) is 5.66 Å². The van der Waals surface area contributed by atoms with E-state index in [-0.39, 0.29) is 5.91 Å². The molecule has 1 unspecified atom stereocenters. The lowest BCUT2D eigenvalue weighted by atomic mass is 10.0. The zero-order valence-electron chi connectivity index (χ0n) is 14.9. The van der Waals surface area contributed by atoms with Gasteiger partial charge in [-0.05, 0) is 29.8 Å². The number of carbonyl (C=O) groups excluding carboxylic acids is 1. The lowest BCUT2D eigenvalue weighted by molar-refractivity contribution is -0.116. The van der Waals surface area contributed by atoms with Gasteiger partial charge in [0.1, 0.15) is 0 Å². The van der Waals surface area contributed by atoms with Crippen LogP contribution in [0.5, 0.6) is 0 Å². The minimum atomic E-state index is -1.12. The van der Waals surface area contributed by atoms with Crippen LogP contribution in [-0.2, 0) is 21.3 Å². The summed E-state index contributed by atoms with van der Waals surface area (Å²) in [4.78, 5) is 13.0. The van der Waals surface area contributed by atoms with Crippen LogP contribution in [0, 0.1) is 12.3 Å². The van der Waals surface area contributed by atoms with Crippen molar-refractivity contribution in [2.45, 2.75) is 42.0 Å². The van der Waals surface area contributed by atoms with E-state index >= 15 is 0 Å². The summed E-state index contributed by atoms with van der Waals surface area (Å²) < 4.78 is 12.4. The van der Waals surface area contributed by atoms with Crippen LogP contribution < -0.4 is 5.32 Å². The molecule has 27 heavy (non-hydrogen) atoms. The van der Waals surface area contributed by atoms with E-state index in [2.05, 4.69) is 21.5 Å². The van der Waals surface area contributed by atoms with Crippen LogP contribution in [0.15, 0.2) is 69.7 Å². The maximum atomic E-state index is 12.4. The Morgan fingerprint density at radius 3 is 2.59 bits per heavy atom. The van der Waals surface area contributed by atoms with Gasteiger partial charge in [0.05, 0.1) is 16.6 Å². The van der Waals surface area contributed by atoms with Crippen molar-refractivity contribution in [2.75, 3.05) is 5.32 Å². The molecule has 1 atom stereocenters. The Hall–Kier alpha value is -2.78. The standard InChI is InChI=1S/C21H21N3O2S/c1-2-3-13-21(23-24-21)14-12-20(25)22-18-9-7-8-17(15-18)16-27(26)19-10-5-4-6-11-19/h1,4-11,15H,3,12-14,16H2,(H,22,25). The van der Waals surface area contributed by atoms with Crippen molar-refractivity contribution in [3.05, 3.63) is 60.2 Å². The monoisotopic (exact) mass is 379 g/mol. The Kier molecular flexibility index (Phi) is 6.15.